The third-order valence-corrected chi connectivity index (χ3v) is 5.68. The van der Waals surface area contributed by atoms with E-state index in [0.717, 1.165) is 44.6 Å². The van der Waals surface area contributed by atoms with Crippen LogP contribution in [-0.2, 0) is 16.0 Å². The van der Waals surface area contributed by atoms with E-state index in [0.29, 0.717) is 24.2 Å². The second-order valence-corrected chi connectivity index (χ2v) is 8.28. The monoisotopic (exact) mass is 454 g/mol. The highest BCUT2D eigenvalue weighted by atomic mass is 16.4. The number of hydrogen-bond donors (Lipinski definition) is 4. The molecule has 5 rings (SSSR count). The van der Waals surface area contributed by atoms with E-state index in [-0.39, 0.29) is 12.8 Å². The van der Waals surface area contributed by atoms with Crippen LogP contribution in [0.25, 0.3) is 45.9 Å². The Morgan fingerprint density at radius 1 is 0.735 bits per heavy atom. The molecule has 2 aliphatic heterocycles. The van der Waals surface area contributed by atoms with Gasteiger partial charge in [-0.15, -0.1) is 0 Å². The van der Waals surface area contributed by atoms with E-state index in [1.165, 1.54) is 0 Å². The van der Waals surface area contributed by atoms with E-state index in [1.54, 1.807) is 0 Å². The zero-order valence-electron chi connectivity index (χ0n) is 18.2. The summed E-state index contributed by atoms with van der Waals surface area (Å²) in [6, 6.07) is 13.5. The number of nitrogens with one attached hydrogen (secondary N) is 2. The summed E-state index contributed by atoms with van der Waals surface area (Å²) in [6.45, 7) is 0. The summed E-state index contributed by atoms with van der Waals surface area (Å²) in [7, 11) is 0. The van der Waals surface area contributed by atoms with E-state index in [4.69, 9.17) is 4.98 Å². The van der Waals surface area contributed by atoms with Crippen molar-refractivity contribution >= 4 is 57.8 Å². The lowest BCUT2D eigenvalue weighted by Crippen LogP contribution is -1.97. The lowest BCUT2D eigenvalue weighted by Gasteiger charge is -2.00. The molecule has 4 N–H and O–H groups in total. The summed E-state index contributed by atoms with van der Waals surface area (Å²) < 4.78 is 0. The number of aliphatic carboxylic acids is 2. The van der Waals surface area contributed by atoms with Gasteiger partial charge in [0, 0.05) is 34.9 Å². The standard InChI is InChI=1S/C26H22N4O4/c31-25(32)7-1-15-9-21-12-19-5-3-17(27-19)11-18-4-6-20(28-18)13-22-10-16(2-8-26(33)34)24(30-22)14-23(15)29-21/h3-6,9-14,27,30H,1-2,7-8H2,(H,31,32)(H,33,34). The van der Waals surface area contributed by atoms with Crippen molar-refractivity contribution in [1.82, 2.24) is 19.9 Å². The smallest absolute Gasteiger partial charge is 0.303 e. The molecular formula is C26H22N4O4. The molecule has 170 valence electrons. The summed E-state index contributed by atoms with van der Waals surface area (Å²) in [5.74, 6) is -1.74. The number of carboxylic acids is 2. The number of hydrogen-bond acceptors (Lipinski definition) is 4. The molecule has 34 heavy (non-hydrogen) atoms. The number of aryl methyl sites for hydroxylation is 1. The van der Waals surface area contributed by atoms with Gasteiger partial charge in [0.1, 0.15) is 0 Å². The van der Waals surface area contributed by atoms with E-state index in [9.17, 15) is 19.8 Å². The zero-order chi connectivity index (χ0) is 23.7. The van der Waals surface area contributed by atoms with Crippen molar-refractivity contribution in [3.05, 3.63) is 70.8 Å². The van der Waals surface area contributed by atoms with Crippen LogP contribution in [0.3, 0.4) is 0 Å². The molecule has 8 nitrogen and oxygen atoms in total. The second-order valence-electron chi connectivity index (χ2n) is 8.28. The molecule has 0 atom stereocenters. The first kappa shape index (κ1) is 21.4. The van der Waals surface area contributed by atoms with Gasteiger partial charge in [-0.3, -0.25) is 9.59 Å². The predicted octanol–water partition coefficient (Wildman–Crippen LogP) is 4.91. The highest BCUT2D eigenvalue weighted by Gasteiger charge is 2.13. The van der Waals surface area contributed by atoms with Crippen LogP contribution >= 0.6 is 0 Å². The molecule has 8 heteroatoms. The SMILES string of the molecule is O=C(O)CCC1=Cc2cc3ccc(cc4nc(cc5cc(CCC(=O)O)c(cc1n2)[nH]5)C=C4)[nH]3. The molecule has 5 heterocycles. The molecule has 0 aliphatic carbocycles. The van der Waals surface area contributed by atoms with Crippen LogP contribution in [0.5, 0.6) is 0 Å². The highest BCUT2D eigenvalue weighted by molar-refractivity contribution is 5.86. The summed E-state index contributed by atoms with van der Waals surface area (Å²) >= 11 is 0. The number of fused-ring (bicyclic) bond motifs is 8. The average Bonchev–Trinajstić information content (AvgIpc) is 3.55. The molecule has 0 unspecified atom stereocenters. The quantitative estimate of drug-likeness (QED) is 0.327. The fourth-order valence-corrected chi connectivity index (χ4v) is 4.10. The minimum Gasteiger partial charge on any atom is -0.481 e. The third kappa shape index (κ3) is 4.80. The molecule has 0 aromatic carbocycles. The minimum atomic E-state index is -0.874. The molecule has 0 radical (unpaired) electrons. The van der Waals surface area contributed by atoms with Gasteiger partial charge in [-0.1, -0.05) is 0 Å². The number of carboxylic acid groups (broad SMARTS) is 2. The molecule has 0 amide bonds. The van der Waals surface area contributed by atoms with Crippen molar-refractivity contribution < 1.29 is 19.8 Å². The molecule has 0 spiro atoms. The molecule has 0 fully saturated rings. The van der Waals surface area contributed by atoms with Crippen LogP contribution in [0.2, 0.25) is 0 Å². The van der Waals surface area contributed by atoms with Crippen LogP contribution in [0.4, 0.5) is 0 Å². The maximum absolute atomic E-state index is 11.2. The molecule has 0 saturated carbocycles. The normalized spacial score (nSPS) is 12.5. The number of nitrogens with zero attached hydrogens (tertiary/aromatic N) is 2. The Kier molecular flexibility index (Phi) is 5.55. The zero-order valence-corrected chi connectivity index (χ0v) is 18.2. The molecule has 8 bridgehead atoms. The van der Waals surface area contributed by atoms with Crippen LogP contribution in [0, 0.1) is 0 Å². The lowest BCUT2D eigenvalue weighted by molar-refractivity contribution is -0.137. The van der Waals surface area contributed by atoms with Crippen molar-refractivity contribution in [1.29, 1.82) is 0 Å². The molecule has 3 aromatic heterocycles. The van der Waals surface area contributed by atoms with Gasteiger partial charge in [-0.2, -0.15) is 0 Å². The largest absolute Gasteiger partial charge is 0.481 e. The maximum Gasteiger partial charge on any atom is 0.303 e. The molecular weight excluding hydrogens is 432 g/mol. The van der Waals surface area contributed by atoms with Crippen molar-refractivity contribution in [2.24, 2.45) is 0 Å². The molecule has 3 aromatic rings. The van der Waals surface area contributed by atoms with Gasteiger partial charge >= 0.3 is 11.9 Å². The maximum atomic E-state index is 11.2. The second kappa shape index (κ2) is 8.82. The summed E-state index contributed by atoms with van der Waals surface area (Å²) in [6.07, 6.45) is 6.46. The summed E-state index contributed by atoms with van der Waals surface area (Å²) in [5, 5.41) is 18.4. The molecule has 2 aliphatic rings. The van der Waals surface area contributed by atoms with Crippen molar-refractivity contribution in [3.63, 3.8) is 0 Å². The fourth-order valence-electron chi connectivity index (χ4n) is 4.10. The van der Waals surface area contributed by atoms with Gasteiger partial charge in [0.25, 0.3) is 0 Å². The van der Waals surface area contributed by atoms with Gasteiger partial charge < -0.3 is 20.2 Å². The third-order valence-electron chi connectivity index (χ3n) is 5.68. The first-order valence-electron chi connectivity index (χ1n) is 10.9. The Morgan fingerprint density at radius 2 is 1.38 bits per heavy atom. The van der Waals surface area contributed by atoms with Crippen molar-refractivity contribution in [3.8, 4) is 0 Å². The van der Waals surface area contributed by atoms with Crippen LogP contribution < -0.4 is 0 Å². The highest BCUT2D eigenvalue weighted by Crippen LogP contribution is 2.28. The van der Waals surface area contributed by atoms with Gasteiger partial charge in [0.05, 0.1) is 22.8 Å². The Morgan fingerprint density at radius 3 is 2.09 bits per heavy atom. The predicted molar refractivity (Wildman–Crippen MR) is 131 cm³/mol. The Labute approximate surface area is 194 Å². The number of rotatable bonds is 6. The van der Waals surface area contributed by atoms with E-state index >= 15 is 0 Å². The fraction of sp³-hybridized carbons (Fsp3) is 0.154. The number of aromatic nitrogens is 4. The minimum absolute atomic E-state index is 0.000143. The topological polar surface area (TPSA) is 132 Å². The van der Waals surface area contributed by atoms with E-state index in [1.807, 2.05) is 60.7 Å². The van der Waals surface area contributed by atoms with Crippen molar-refractivity contribution in [2.45, 2.75) is 25.7 Å². The lowest BCUT2D eigenvalue weighted by atomic mass is 10.1. The van der Waals surface area contributed by atoms with E-state index < -0.39 is 11.9 Å². The van der Waals surface area contributed by atoms with Gasteiger partial charge in [-0.05, 0) is 84.7 Å². The van der Waals surface area contributed by atoms with Crippen LogP contribution in [0.15, 0.2) is 42.5 Å². The van der Waals surface area contributed by atoms with Gasteiger partial charge in [0.2, 0.25) is 0 Å². The number of H-pyrrole nitrogens is 2. The summed E-state index contributed by atoms with van der Waals surface area (Å²) in [5.41, 5.74) is 7.98. The average molecular weight is 454 g/mol. The summed E-state index contributed by atoms with van der Waals surface area (Å²) in [4.78, 5) is 38.5. The number of aromatic amines is 2. The number of carbonyl (C=O) groups is 2. The first-order chi connectivity index (χ1) is 16.4. The Hall–Kier alpha value is -4.46. The van der Waals surface area contributed by atoms with Crippen molar-refractivity contribution in [2.75, 3.05) is 0 Å². The Bertz CT molecular complexity index is 1520. The molecule has 0 saturated heterocycles. The number of allylic oxidation sites excluding steroid dienone is 1. The first-order valence-corrected chi connectivity index (χ1v) is 10.9. The van der Waals surface area contributed by atoms with Gasteiger partial charge in [0.15, 0.2) is 0 Å². The van der Waals surface area contributed by atoms with E-state index in [2.05, 4.69) is 15.0 Å². The van der Waals surface area contributed by atoms with Crippen LogP contribution in [-0.4, -0.2) is 42.1 Å². The van der Waals surface area contributed by atoms with Crippen LogP contribution in [0.1, 0.15) is 47.6 Å². The van der Waals surface area contributed by atoms with Gasteiger partial charge in [-0.25, -0.2) is 9.97 Å². The Balaban J connectivity index is 1.75.